The lowest BCUT2D eigenvalue weighted by Gasteiger charge is -2.12. The Morgan fingerprint density at radius 1 is 0.929 bits per heavy atom. The molecule has 0 spiro atoms. The summed E-state index contributed by atoms with van der Waals surface area (Å²) in [5.74, 6) is 1.05. The van der Waals surface area contributed by atoms with Crippen molar-refractivity contribution in [3.05, 3.63) is 94.0 Å². The molecule has 3 aromatic rings. The number of benzene rings is 3. The highest BCUT2D eigenvalue weighted by atomic mass is 35.5. The van der Waals surface area contributed by atoms with Crippen molar-refractivity contribution >= 4 is 40.9 Å². The molecule has 0 aromatic heterocycles. The van der Waals surface area contributed by atoms with E-state index in [-0.39, 0.29) is 5.91 Å². The van der Waals surface area contributed by atoms with E-state index >= 15 is 0 Å². The van der Waals surface area contributed by atoms with E-state index in [0.717, 1.165) is 16.2 Å². The summed E-state index contributed by atoms with van der Waals surface area (Å²) in [5, 5.41) is 4.13. The van der Waals surface area contributed by atoms with Gasteiger partial charge in [0.05, 0.1) is 5.56 Å². The Hall–Kier alpha value is -2.14. The number of hydrogen-bond donors (Lipinski definition) is 1. The van der Waals surface area contributed by atoms with Gasteiger partial charge in [-0.15, -0.1) is 11.8 Å². The molecule has 0 atom stereocenters. The first kappa shape index (κ1) is 20.6. The topological polar surface area (TPSA) is 38.3 Å². The van der Waals surface area contributed by atoms with Crippen molar-refractivity contribution in [2.45, 2.75) is 11.5 Å². The lowest BCUT2D eigenvalue weighted by atomic mass is 10.2. The van der Waals surface area contributed by atoms with Crippen molar-refractivity contribution in [3.8, 4) is 5.75 Å². The van der Waals surface area contributed by atoms with E-state index in [1.807, 2.05) is 54.6 Å². The third-order valence-corrected chi connectivity index (χ3v) is 5.39. The van der Waals surface area contributed by atoms with E-state index in [2.05, 4.69) is 5.32 Å². The maximum absolute atomic E-state index is 12.6. The number of ether oxygens (including phenoxy) is 1. The van der Waals surface area contributed by atoms with E-state index < -0.39 is 0 Å². The normalized spacial score (nSPS) is 10.5. The summed E-state index contributed by atoms with van der Waals surface area (Å²) >= 11 is 13.6. The highest BCUT2D eigenvalue weighted by Crippen LogP contribution is 2.24. The standard InChI is InChI=1S/C22H19Cl2NO2S/c23-17-6-9-19(10-7-17)28-13-12-25-22(26)20-14-18(24)8-11-21(20)27-15-16-4-2-1-3-5-16/h1-11,14H,12-13,15H2,(H,25,26). The highest BCUT2D eigenvalue weighted by Gasteiger charge is 2.13. The summed E-state index contributed by atoms with van der Waals surface area (Å²) in [7, 11) is 0. The Morgan fingerprint density at radius 3 is 2.39 bits per heavy atom. The van der Waals surface area contributed by atoms with Crippen LogP contribution < -0.4 is 10.1 Å². The largest absolute Gasteiger partial charge is 0.488 e. The molecule has 144 valence electrons. The molecule has 0 heterocycles. The number of nitrogens with one attached hydrogen (secondary N) is 1. The molecule has 3 aromatic carbocycles. The van der Waals surface area contributed by atoms with Gasteiger partial charge in [-0.3, -0.25) is 4.79 Å². The number of hydrogen-bond acceptors (Lipinski definition) is 3. The van der Waals surface area contributed by atoms with Crippen molar-refractivity contribution in [1.82, 2.24) is 5.32 Å². The van der Waals surface area contributed by atoms with Crippen LogP contribution in [0, 0.1) is 0 Å². The van der Waals surface area contributed by atoms with Gasteiger partial charge in [0.1, 0.15) is 12.4 Å². The molecular weight excluding hydrogens is 413 g/mol. The first-order valence-electron chi connectivity index (χ1n) is 8.74. The van der Waals surface area contributed by atoms with Gasteiger partial charge in [0.2, 0.25) is 0 Å². The fourth-order valence-electron chi connectivity index (χ4n) is 2.50. The fraction of sp³-hybridized carbons (Fsp3) is 0.136. The minimum absolute atomic E-state index is 0.206. The molecule has 3 rings (SSSR count). The van der Waals surface area contributed by atoms with Crippen LogP contribution in [-0.2, 0) is 6.61 Å². The molecule has 3 nitrogen and oxygen atoms in total. The molecule has 0 bridgehead atoms. The van der Waals surface area contributed by atoms with Crippen LogP contribution >= 0.6 is 35.0 Å². The van der Waals surface area contributed by atoms with Gasteiger partial charge >= 0.3 is 0 Å². The quantitative estimate of drug-likeness (QED) is 0.346. The summed E-state index contributed by atoms with van der Waals surface area (Å²) in [6.07, 6.45) is 0. The Kier molecular flexibility index (Phi) is 7.66. The van der Waals surface area contributed by atoms with Crippen LogP contribution in [0.15, 0.2) is 77.7 Å². The number of amides is 1. The van der Waals surface area contributed by atoms with Crippen LogP contribution in [0.2, 0.25) is 10.0 Å². The SMILES string of the molecule is O=C(NCCSc1ccc(Cl)cc1)c1cc(Cl)ccc1OCc1ccccc1. The van der Waals surface area contributed by atoms with Crippen LogP contribution in [0.1, 0.15) is 15.9 Å². The number of rotatable bonds is 8. The Bertz CT molecular complexity index is 918. The van der Waals surface area contributed by atoms with Crippen LogP contribution in [0.5, 0.6) is 5.75 Å². The van der Waals surface area contributed by atoms with Crippen LogP contribution in [-0.4, -0.2) is 18.2 Å². The number of carbonyl (C=O) groups is 1. The Morgan fingerprint density at radius 2 is 1.64 bits per heavy atom. The van der Waals surface area contributed by atoms with Gasteiger partial charge in [-0.1, -0.05) is 53.5 Å². The van der Waals surface area contributed by atoms with Crippen LogP contribution in [0.25, 0.3) is 0 Å². The molecular formula is C22H19Cl2NO2S. The van der Waals surface area contributed by atoms with Crippen molar-refractivity contribution in [2.75, 3.05) is 12.3 Å². The lowest BCUT2D eigenvalue weighted by molar-refractivity contribution is 0.0951. The average Bonchev–Trinajstić information content (AvgIpc) is 2.72. The molecule has 6 heteroatoms. The molecule has 0 aliphatic heterocycles. The second kappa shape index (κ2) is 10.4. The summed E-state index contributed by atoms with van der Waals surface area (Å²) in [6.45, 7) is 0.909. The second-order valence-electron chi connectivity index (χ2n) is 5.97. The summed E-state index contributed by atoms with van der Waals surface area (Å²) in [4.78, 5) is 13.7. The number of halogens is 2. The second-order valence-corrected chi connectivity index (χ2v) is 8.01. The predicted octanol–water partition coefficient (Wildman–Crippen LogP) is 6.09. The first-order valence-corrected chi connectivity index (χ1v) is 10.5. The van der Waals surface area contributed by atoms with Crippen molar-refractivity contribution in [3.63, 3.8) is 0 Å². The minimum Gasteiger partial charge on any atom is -0.488 e. The van der Waals surface area contributed by atoms with Crippen molar-refractivity contribution in [1.29, 1.82) is 0 Å². The third kappa shape index (κ3) is 6.20. The third-order valence-electron chi connectivity index (χ3n) is 3.89. The fourth-order valence-corrected chi connectivity index (χ4v) is 3.57. The Labute approximate surface area is 179 Å². The van der Waals surface area contributed by atoms with E-state index in [0.29, 0.717) is 34.5 Å². The minimum atomic E-state index is -0.206. The van der Waals surface area contributed by atoms with Gasteiger partial charge in [0.25, 0.3) is 5.91 Å². The maximum atomic E-state index is 12.6. The summed E-state index contributed by atoms with van der Waals surface area (Å²) < 4.78 is 5.85. The summed E-state index contributed by atoms with van der Waals surface area (Å²) in [6, 6.07) is 22.5. The average molecular weight is 432 g/mol. The lowest BCUT2D eigenvalue weighted by Crippen LogP contribution is -2.26. The number of thioether (sulfide) groups is 1. The zero-order valence-corrected chi connectivity index (χ0v) is 17.4. The molecule has 0 aliphatic carbocycles. The van der Waals surface area contributed by atoms with Gasteiger partial charge in [-0.05, 0) is 48.0 Å². The van der Waals surface area contributed by atoms with Gasteiger partial charge in [-0.25, -0.2) is 0 Å². The van der Waals surface area contributed by atoms with Crippen LogP contribution in [0.4, 0.5) is 0 Å². The number of carbonyl (C=O) groups excluding carboxylic acids is 1. The smallest absolute Gasteiger partial charge is 0.255 e. The Balaban J connectivity index is 1.56. The molecule has 0 aliphatic rings. The monoisotopic (exact) mass is 431 g/mol. The van der Waals surface area contributed by atoms with E-state index in [1.54, 1.807) is 30.0 Å². The van der Waals surface area contributed by atoms with E-state index in [9.17, 15) is 4.79 Å². The molecule has 0 saturated carbocycles. The zero-order valence-electron chi connectivity index (χ0n) is 15.0. The van der Waals surface area contributed by atoms with Gasteiger partial charge in [0.15, 0.2) is 0 Å². The van der Waals surface area contributed by atoms with E-state index in [1.165, 1.54) is 0 Å². The first-order chi connectivity index (χ1) is 13.6. The molecule has 1 amide bonds. The molecule has 0 unspecified atom stereocenters. The highest BCUT2D eigenvalue weighted by molar-refractivity contribution is 7.99. The van der Waals surface area contributed by atoms with Crippen molar-refractivity contribution in [2.24, 2.45) is 0 Å². The van der Waals surface area contributed by atoms with Gasteiger partial charge in [-0.2, -0.15) is 0 Å². The van der Waals surface area contributed by atoms with Gasteiger partial charge < -0.3 is 10.1 Å². The predicted molar refractivity (Wildman–Crippen MR) is 117 cm³/mol. The van der Waals surface area contributed by atoms with Gasteiger partial charge in [0, 0.05) is 27.2 Å². The van der Waals surface area contributed by atoms with Crippen molar-refractivity contribution < 1.29 is 9.53 Å². The zero-order chi connectivity index (χ0) is 19.8. The summed E-state index contributed by atoms with van der Waals surface area (Å²) in [5.41, 5.74) is 1.46. The molecule has 0 saturated heterocycles. The van der Waals surface area contributed by atoms with Crippen LogP contribution in [0.3, 0.4) is 0 Å². The molecule has 28 heavy (non-hydrogen) atoms. The molecule has 1 N–H and O–H groups in total. The molecule has 0 fully saturated rings. The van der Waals surface area contributed by atoms with E-state index in [4.69, 9.17) is 27.9 Å². The molecule has 0 radical (unpaired) electrons. The maximum Gasteiger partial charge on any atom is 0.255 e.